The summed E-state index contributed by atoms with van der Waals surface area (Å²) in [5, 5.41) is 26.2. The minimum atomic E-state index is -0.962. The molecule has 3 amide bonds. The number of aliphatic hydroxyl groups excluding tert-OH is 1. The molecule has 374 valence electrons. The van der Waals surface area contributed by atoms with Crippen molar-refractivity contribution in [1.82, 2.24) is 30.4 Å². The second kappa shape index (κ2) is 21.5. The molecule has 3 fully saturated rings. The summed E-state index contributed by atoms with van der Waals surface area (Å²) in [5.41, 5.74) is 4.42. The van der Waals surface area contributed by atoms with Gasteiger partial charge in [0.15, 0.2) is 5.78 Å². The number of hydrogen-bond donors (Lipinski definition) is 3. The molecular weight excluding hydrogens is 928 g/mol. The Bertz CT molecular complexity index is 2550. The summed E-state index contributed by atoms with van der Waals surface area (Å²) in [6, 6.07) is 16.7. The topological polar surface area (TPSA) is 190 Å². The molecule has 3 aliphatic rings. The van der Waals surface area contributed by atoms with Gasteiger partial charge in [0, 0.05) is 80.8 Å². The standard InChI is InChI=1S/C53H67ClN8O7S/c1-32(34-10-12-35(13-11-34)46-33(2)57-31-70-46)58-48(66)41-24-38(63)29-62(41)49(67)47(51(3,4)5)59-45(65)30-68-23-22-60-18-20-61(21-19-60)44-17-15-37(28-56-44)42(64)26-43-52(6,7)50(53(43,8)9)69-39-16-14-36(27-55)40(54)25-39/h10-17,25,28,31-32,38,41,43,47,50,63H,18-24,26,29-30H2,1-9H3,(H,58,66)(H,59,65)/t32-,38-,41-,43?,47+,50?/m0/s1. The normalized spacial score (nSPS) is 21.8. The summed E-state index contributed by atoms with van der Waals surface area (Å²) in [4.78, 5) is 70.6. The van der Waals surface area contributed by atoms with Crippen molar-refractivity contribution in [2.45, 2.75) is 105 Å². The number of rotatable bonds is 17. The van der Waals surface area contributed by atoms with Crippen LogP contribution in [-0.4, -0.2) is 125 Å². The van der Waals surface area contributed by atoms with E-state index in [1.165, 1.54) is 4.90 Å². The number of Topliss-reactive ketones (excluding diaryl/α,β-unsaturated/α-hetero) is 1. The second-order valence-corrected chi connectivity index (χ2v) is 22.5. The second-order valence-electron chi connectivity index (χ2n) is 21.2. The fraction of sp³-hybridized carbons (Fsp3) is 0.528. The molecular formula is C53H67ClN8O7S. The number of β-amino-alcohol motifs (C(OH)–C–C–N with tert-alkyl or cyclic N) is 1. The molecule has 4 heterocycles. The highest BCUT2D eigenvalue weighted by Crippen LogP contribution is 2.62. The molecule has 7 rings (SSSR count). The first kappa shape index (κ1) is 52.4. The number of nitriles is 1. The van der Waals surface area contributed by atoms with Crippen LogP contribution in [0.3, 0.4) is 0 Å². The van der Waals surface area contributed by atoms with Crippen LogP contribution in [0.15, 0.2) is 66.3 Å². The molecule has 4 atom stereocenters. The van der Waals surface area contributed by atoms with E-state index < -0.39 is 35.4 Å². The summed E-state index contributed by atoms with van der Waals surface area (Å²) in [6.45, 7) is 21.6. The molecule has 2 aromatic heterocycles. The highest BCUT2D eigenvalue weighted by atomic mass is 35.5. The van der Waals surface area contributed by atoms with Crippen molar-refractivity contribution in [3.8, 4) is 22.3 Å². The number of ether oxygens (including phenoxy) is 2. The van der Waals surface area contributed by atoms with Gasteiger partial charge in [-0.1, -0.05) is 84.3 Å². The average molecular weight is 996 g/mol. The van der Waals surface area contributed by atoms with Crippen LogP contribution >= 0.6 is 22.9 Å². The smallest absolute Gasteiger partial charge is 0.246 e. The van der Waals surface area contributed by atoms with Crippen molar-refractivity contribution < 1.29 is 33.8 Å². The Balaban J connectivity index is 0.831. The molecule has 0 bridgehead atoms. The van der Waals surface area contributed by atoms with Crippen LogP contribution in [0.25, 0.3) is 10.4 Å². The number of piperazine rings is 1. The number of nitrogens with zero attached hydrogens (tertiary/aromatic N) is 6. The summed E-state index contributed by atoms with van der Waals surface area (Å²) in [6.07, 6.45) is 1.09. The van der Waals surface area contributed by atoms with Crippen molar-refractivity contribution in [3.05, 3.63) is 93.7 Å². The fourth-order valence-electron chi connectivity index (χ4n) is 10.6. The van der Waals surface area contributed by atoms with Gasteiger partial charge in [-0.2, -0.15) is 5.26 Å². The number of aliphatic hydroxyl groups is 1. The number of anilines is 1. The van der Waals surface area contributed by atoms with Crippen LogP contribution in [0.5, 0.6) is 5.75 Å². The molecule has 0 unspecified atom stereocenters. The highest BCUT2D eigenvalue weighted by molar-refractivity contribution is 7.13. The van der Waals surface area contributed by atoms with Crippen LogP contribution in [0.1, 0.15) is 101 Å². The van der Waals surface area contributed by atoms with E-state index in [2.05, 4.69) is 64.2 Å². The Morgan fingerprint density at radius 2 is 1.69 bits per heavy atom. The fourth-order valence-corrected chi connectivity index (χ4v) is 11.7. The number of amides is 3. The Hall–Kier alpha value is -5.44. The molecule has 0 radical (unpaired) electrons. The number of benzene rings is 2. The maximum Gasteiger partial charge on any atom is 0.246 e. The summed E-state index contributed by atoms with van der Waals surface area (Å²) in [5.74, 6) is 0.267. The van der Waals surface area contributed by atoms with Gasteiger partial charge >= 0.3 is 0 Å². The van der Waals surface area contributed by atoms with Crippen LogP contribution in [0, 0.1) is 40.4 Å². The number of thiazole rings is 1. The minimum Gasteiger partial charge on any atom is -0.489 e. The van der Waals surface area contributed by atoms with Gasteiger partial charge < -0.3 is 35.0 Å². The van der Waals surface area contributed by atoms with E-state index in [1.54, 1.807) is 35.7 Å². The van der Waals surface area contributed by atoms with Gasteiger partial charge in [0.1, 0.15) is 42.4 Å². The largest absolute Gasteiger partial charge is 0.489 e. The molecule has 3 N–H and O–H groups in total. The lowest BCUT2D eigenvalue weighted by Gasteiger charge is -2.63. The molecule has 15 nitrogen and oxygen atoms in total. The number of nitrogens with one attached hydrogen (secondary N) is 2. The molecule has 17 heteroatoms. The van der Waals surface area contributed by atoms with E-state index >= 15 is 0 Å². The van der Waals surface area contributed by atoms with Crippen molar-refractivity contribution in [1.29, 1.82) is 5.26 Å². The predicted molar refractivity (Wildman–Crippen MR) is 271 cm³/mol. The average Bonchev–Trinajstić information content (AvgIpc) is 3.95. The van der Waals surface area contributed by atoms with Gasteiger partial charge in [-0.15, -0.1) is 11.3 Å². The van der Waals surface area contributed by atoms with Crippen LogP contribution in [-0.2, 0) is 19.1 Å². The minimum absolute atomic E-state index is 0.0165. The first-order valence-electron chi connectivity index (χ1n) is 24.1. The third-order valence-electron chi connectivity index (χ3n) is 14.5. The lowest BCUT2D eigenvalue weighted by Crippen LogP contribution is -2.66. The number of aromatic nitrogens is 2. The van der Waals surface area contributed by atoms with E-state index in [0.29, 0.717) is 41.5 Å². The van der Waals surface area contributed by atoms with E-state index in [0.717, 1.165) is 53.7 Å². The molecule has 4 aromatic rings. The number of carbonyl (C=O) groups excluding carboxylic acids is 4. The Morgan fingerprint density at radius 1 is 0.986 bits per heavy atom. The number of ketones is 1. The molecule has 2 aromatic carbocycles. The summed E-state index contributed by atoms with van der Waals surface area (Å²) < 4.78 is 12.2. The molecule has 2 saturated heterocycles. The Labute approximate surface area is 420 Å². The van der Waals surface area contributed by atoms with Crippen LogP contribution in [0.4, 0.5) is 5.82 Å². The summed E-state index contributed by atoms with van der Waals surface area (Å²) >= 11 is 7.84. The lowest BCUT2D eigenvalue weighted by atomic mass is 9.44. The van der Waals surface area contributed by atoms with E-state index in [-0.39, 0.29) is 60.2 Å². The molecule has 1 aliphatic carbocycles. The van der Waals surface area contributed by atoms with Gasteiger partial charge in [0.05, 0.1) is 45.4 Å². The first-order valence-corrected chi connectivity index (χ1v) is 25.3. The van der Waals surface area contributed by atoms with Gasteiger partial charge in [0.2, 0.25) is 17.7 Å². The number of carbonyl (C=O) groups is 4. The van der Waals surface area contributed by atoms with Gasteiger partial charge in [0.25, 0.3) is 0 Å². The summed E-state index contributed by atoms with van der Waals surface area (Å²) in [7, 11) is 0. The first-order chi connectivity index (χ1) is 33.1. The van der Waals surface area contributed by atoms with Crippen LogP contribution < -0.4 is 20.3 Å². The van der Waals surface area contributed by atoms with Crippen molar-refractivity contribution in [2.24, 2.45) is 22.2 Å². The monoisotopic (exact) mass is 994 g/mol. The van der Waals surface area contributed by atoms with Gasteiger partial charge in [-0.05, 0) is 60.6 Å². The molecule has 2 aliphatic heterocycles. The Morgan fingerprint density at radius 3 is 2.29 bits per heavy atom. The van der Waals surface area contributed by atoms with Crippen molar-refractivity contribution in [2.75, 3.05) is 57.4 Å². The van der Waals surface area contributed by atoms with Gasteiger partial charge in [-0.25, -0.2) is 9.97 Å². The zero-order valence-electron chi connectivity index (χ0n) is 41.8. The van der Waals surface area contributed by atoms with E-state index in [4.69, 9.17) is 21.1 Å². The predicted octanol–water partition coefficient (Wildman–Crippen LogP) is 7.25. The zero-order valence-corrected chi connectivity index (χ0v) is 43.3. The lowest BCUT2D eigenvalue weighted by molar-refractivity contribution is -0.196. The molecule has 70 heavy (non-hydrogen) atoms. The Kier molecular flexibility index (Phi) is 16.1. The number of pyridine rings is 1. The number of hydrogen-bond acceptors (Lipinski definition) is 13. The zero-order chi connectivity index (χ0) is 50.7. The van der Waals surface area contributed by atoms with Crippen LogP contribution in [0.2, 0.25) is 5.02 Å². The third kappa shape index (κ3) is 11.7. The van der Waals surface area contributed by atoms with E-state index in [9.17, 15) is 29.5 Å². The van der Waals surface area contributed by atoms with Gasteiger partial charge in [-0.3, -0.25) is 24.1 Å². The molecule has 0 spiro atoms. The maximum absolute atomic E-state index is 14.1. The number of likely N-dealkylation sites (tertiary alicyclic amines) is 1. The number of halogens is 1. The number of aryl methyl sites for hydroxylation is 1. The third-order valence-corrected chi connectivity index (χ3v) is 15.8. The van der Waals surface area contributed by atoms with Crippen molar-refractivity contribution >= 4 is 52.3 Å². The van der Waals surface area contributed by atoms with Crippen molar-refractivity contribution in [3.63, 3.8) is 0 Å². The molecule has 1 saturated carbocycles. The SMILES string of the molecule is Cc1ncsc1-c1ccc([C@H](C)NC(=O)[C@@H]2C[C@H](O)CN2C(=O)[C@@H](NC(=O)COCCN2CCN(c3ccc(C(=O)CC4C(C)(C)C(Oc5ccc(C#N)c(Cl)c5)C4(C)C)cn3)CC2)C(C)(C)C)cc1. The quantitative estimate of drug-likeness (QED) is 0.0711. The maximum atomic E-state index is 14.1. The van der Waals surface area contributed by atoms with E-state index in [1.807, 2.05) is 76.5 Å². The highest BCUT2D eigenvalue weighted by Gasteiger charge is 2.63.